The lowest BCUT2D eigenvalue weighted by atomic mass is 9.12. The van der Waals surface area contributed by atoms with Gasteiger partial charge in [0.25, 0.3) is 0 Å². The van der Waals surface area contributed by atoms with E-state index < -0.39 is 144 Å². The number of unbranched alkanes of at least 4 members (excludes halogenated alkanes) is 22. The Bertz CT molecular complexity index is 2380. The first-order valence-corrected chi connectivity index (χ1v) is 27.1. The highest BCUT2D eigenvalue weighted by Gasteiger charge is 2.52. The molecular formula is C58H63BF20N-. The molecule has 0 fully saturated rings. The van der Waals surface area contributed by atoms with Gasteiger partial charge in [0.1, 0.15) is 52.7 Å². The maximum atomic E-state index is 15.4. The number of rotatable bonds is 31. The fourth-order valence-electron chi connectivity index (χ4n) is 10.2. The molecule has 5 aromatic rings. The van der Waals surface area contributed by atoms with Crippen molar-refractivity contribution in [3.05, 3.63) is 147 Å². The second-order valence-electron chi connectivity index (χ2n) is 19.9. The van der Waals surface area contributed by atoms with Crippen LogP contribution < -0.4 is 26.8 Å². The summed E-state index contributed by atoms with van der Waals surface area (Å²) in [5.41, 5.74) is -12.9. The number of halogens is 20. The Morgan fingerprint density at radius 3 is 0.613 bits per heavy atom. The predicted octanol–water partition coefficient (Wildman–Crippen LogP) is 17.7. The highest BCUT2D eigenvalue weighted by Crippen LogP contribution is 2.31. The molecule has 0 aliphatic heterocycles. The van der Waals surface area contributed by atoms with E-state index in [4.69, 9.17) is 0 Å². The van der Waals surface area contributed by atoms with E-state index in [1.165, 1.54) is 173 Å². The molecule has 0 aliphatic rings. The molecule has 0 saturated carbocycles. The molecule has 0 heterocycles. The van der Waals surface area contributed by atoms with Gasteiger partial charge in [-0.25, -0.2) is 87.8 Å². The fourth-order valence-corrected chi connectivity index (χ4v) is 10.2. The van der Waals surface area contributed by atoms with Crippen molar-refractivity contribution in [2.75, 3.05) is 18.0 Å². The number of benzene rings is 5. The van der Waals surface area contributed by atoms with Gasteiger partial charge in [-0.2, -0.15) is 0 Å². The number of para-hydroxylation sites is 1. The highest BCUT2D eigenvalue weighted by atomic mass is 19.2. The molecule has 0 N–H and O–H groups in total. The van der Waals surface area contributed by atoms with Crippen LogP contribution in [0.4, 0.5) is 93.5 Å². The molecule has 0 saturated heterocycles. The summed E-state index contributed by atoms with van der Waals surface area (Å²) in [6.45, 7) is 7.08. The van der Waals surface area contributed by atoms with Crippen molar-refractivity contribution in [1.29, 1.82) is 0 Å². The van der Waals surface area contributed by atoms with Gasteiger partial charge in [0.15, 0.2) is 69.8 Å². The zero-order valence-corrected chi connectivity index (χ0v) is 44.4. The minimum Gasteiger partial charge on any atom is -0.372 e. The molecule has 80 heavy (non-hydrogen) atoms. The van der Waals surface area contributed by atoms with Crippen LogP contribution in [0.15, 0.2) is 30.3 Å². The molecule has 0 atom stereocenters. The van der Waals surface area contributed by atoms with Crippen LogP contribution in [-0.2, 0) is 0 Å². The van der Waals surface area contributed by atoms with Crippen molar-refractivity contribution < 1.29 is 87.8 Å². The fraction of sp³-hybridized carbons (Fsp3) is 0.483. The quantitative estimate of drug-likeness (QED) is 0.0141. The lowest BCUT2D eigenvalue weighted by Gasteiger charge is -2.44. The molecule has 0 aromatic heterocycles. The molecule has 22 heteroatoms. The van der Waals surface area contributed by atoms with Crippen molar-refractivity contribution in [1.82, 2.24) is 0 Å². The molecular weight excluding hydrogens is 1100 g/mol. The van der Waals surface area contributed by atoms with E-state index in [9.17, 15) is 52.7 Å². The van der Waals surface area contributed by atoms with Gasteiger partial charge in [-0.3, -0.25) is 0 Å². The summed E-state index contributed by atoms with van der Waals surface area (Å²) in [4.78, 5) is 2.66. The molecule has 444 valence electrons. The molecule has 0 spiro atoms. The predicted molar refractivity (Wildman–Crippen MR) is 270 cm³/mol. The summed E-state index contributed by atoms with van der Waals surface area (Å²) in [7, 11) is 0. The minimum absolute atomic E-state index is 1.24. The third-order valence-electron chi connectivity index (χ3n) is 14.4. The normalized spacial score (nSPS) is 11.7. The highest BCUT2D eigenvalue weighted by molar-refractivity contribution is 7.20. The summed E-state index contributed by atoms with van der Waals surface area (Å²) in [5.74, 6) is -71.4. The van der Waals surface area contributed by atoms with Crippen molar-refractivity contribution in [2.45, 2.75) is 168 Å². The lowest BCUT2D eigenvalue weighted by molar-refractivity contribution is 0.378. The molecule has 5 rings (SSSR count). The van der Waals surface area contributed by atoms with E-state index in [0.29, 0.717) is 0 Å². The summed E-state index contributed by atoms with van der Waals surface area (Å²) < 4.78 is 294. The number of hydrogen-bond acceptors (Lipinski definition) is 1. The second-order valence-corrected chi connectivity index (χ2v) is 19.9. The molecule has 1 nitrogen and oxygen atoms in total. The Hall–Kier alpha value is -5.44. The third-order valence-corrected chi connectivity index (χ3v) is 14.4. The third kappa shape index (κ3) is 15.6. The summed E-state index contributed by atoms with van der Waals surface area (Å²) >= 11 is 0. The van der Waals surface area contributed by atoms with E-state index >= 15 is 35.1 Å². The van der Waals surface area contributed by atoms with Crippen LogP contribution in [0.2, 0.25) is 0 Å². The van der Waals surface area contributed by atoms with Crippen LogP contribution in [0.5, 0.6) is 0 Å². The average molecular weight is 1160 g/mol. The van der Waals surface area contributed by atoms with Crippen LogP contribution >= 0.6 is 0 Å². The number of anilines is 1. The van der Waals surface area contributed by atoms with E-state index in [0.717, 1.165) is 0 Å². The largest absolute Gasteiger partial charge is 0.372 e. The Balaban J connectivity index is 0.000000357. The zero-order chi connectivity index (χ0) is 59.4. The first-order chi connectivity index (χ1) is 38.1. The van der Waals surface area contributed by atoms with E-state index in [2.05, 4.69) is 49.1 Å². The molecule has 0 aliphatic carbocycles. The van der Waals surface area contributed by atoms with Gasteiger partial charge in [-0.15, -0.1) is 21.9 Å². The van der Waals surface area contributed by atoms with Crippen LogP contribution in [0.1, 0.15) is 168 Å². The molecule has 0 bridgehead atoms. The topological polar surface area (TPSA) is 3.24 Å². The van der Waals surface area contributed by atoms with Crippen molar-refractivity contribution >= 4 is 33.7 Å². The molecule has 0 amide bonds. The standard InChI is InChI=1S/C34H63N.C24BF20/c1-3-5-7-9-11-13-15-17-19-21-23-28-32-35(34-30-26-25-27-31-34)33-29-24-22-20-18-16-14-12-10-8-6-4-2;26-5-1(6(27)14(35)21(42)13(5)34)25(2-7(28)15(36)22(43)16(37)8(2)29,3-9(30)17(38)23(44)18(39)10(3)31)4-11(32)19(40)24(45)20(41)12(4)33/h25-27,30-31H,3-24,28-29,32-33H2,1-2H3;/q;-1. The first-order valence-electron chi connectivity index (χ1n) is 27.1. The van der Waals surface area contributed by atoms with Crippen LogP contribution in [0.25, 0.3) is 0 Å². The number of nitrogens with zero attached hydrogens (tertiary/aromatic N) is 1. The Morgan fingerprint density at radius 1 is 0.237 bits per heavy atom. The molecule has 5 aromatic carbocycles. The van der Waals surface area contributed by atoms with Gasteiger partial charge in [0, 0.05) is 18.8 Å². The van der Waals surface area contributed by atoms with Crippen molar-refractivity contribution in [3.8, 4) is 0 Å². The van der Waals surface area contributed by atoms with Gasteiger partial charge >= 0.3 is 0 Å². The Kier molecular flexibility index (Phi) is 27.1. The van der Waals surface area contributed by atoms with Crippen LogP contribution in [0.3, 0.4) is 0 Å². The Morgan fingerprint density at radius 2 is 0.412 bits per heavy atom. The van der Waals surface area contributed by atoms with Crippen molar-refractivity contribution in [3.63, 3.8) is 0 Å². The summed E-state index contributed by atoms with van der Waals surface area (Å²) in [5, 5.41) is 0. The maximum Gasteiger partial charge on any atom is 0.200 e. The van der Waals surface area contributed by atoms with Gasteiger partial charge in [-0.05, 0) is 25.0 Å². The Labute approximate surface area is 453 Å². The van der Waals surface area contributed by atoms with E-state index in [1.807, 2.05) is 0 Å². The smallest absolute Gasteiger partial charge is 0.200 e. The molecule has 0 radical (unpaired) electrons. The summed E-state index contributed by atoms with van der Waals surface area (Å²) in [6.07, 6.45) is 27.1. The van der Waals surface area contributed by atoms with Gasteiger partial charge in [0.2, 0.25) is 0 Å². The second kappa shape index (κ2) is 32.3. The van der Waals surface area contributed by atoms with Gasteiger partial charge in [0.05, 0.1) is 0 Å². The van der Waals surface area contributed by atoms with Gasteiger partial charge < -0.3 is 4.90 Å². The zero-order valence-electron chi connectivity index (χ0n) is 44.4. The monoisotopic (exact) mass is 1160 g/mol. The maximum absolute atomic E-state index is 15.4. The van der Waals surface area contributed by atoms with Crippen molar-refractivity contribution in [2.24, 2.45) is 0 Å². The van der Waals surface area contributed by atoms with Gasteiger partial charge in [-0.1, -0.05) is 173 Å². The molecule has 0 unspecified atom stereocenters. The number of hydrogen-bond donors (Lipinski definition) is 0. The van der Waals surface area contributed by atoms with Crippen LogP contribution in [0, 0.1) is 116 Å². The summed E-state index contributed by atoms with van der Waals surface area (Å²) in [6, 6.07) is 11.2. The SMILES string of the molecule is CCCCCCCCCCCCCCN(CCCCCCCCCCCCCC)c1ccccc1.Fc1c(F)c(F)c([B-](c2c(F)c(F)c(F)c(F)c2F)(c2c(F)c(F)c(F)c(F)c2F)c2c(F)c(F)c(F)c(F)c2F)c(F)c1F. The average Bonchev–Trinajstić information content (AvgIpc) is 3.30. The van der Waals surface area contributed by atoms with Crippen LogP contribution in [-0.4, -0.2) is 19.2 Å². The first kappa shape index (κ1) is 67.1. The lowest BCUT2D eigenvalue weighted by Crippen LogP contribution is -2.81. The van der Waals surface area contributed by atoms with E-state index in [1.54, 1.807) is 0 Å². The van der Waals surface area contributed by atoms with E-state index in [-0.39, 0.29) is 0 Å². The minimum atomic E-state index is -7.22.